The van der Waals surface area contributed by atoms with E-state index < -0.39 is 10.0 Å². The number of thiazole rings is 1. The lowest BCUT2D eigenvalue weighted by Crippen LogP contribution is -2.32. The summed E-state index contributed by atoms with van der Waals surface area (Å²) in [7, 11) is -3.48. The van der Waals surface area contributed by atoms with Crippen LogP contribution in [0.25, 0.3) is 0 Å². The molecule has 0 aliphatic rings. The molecule has 1 aromatic rings. The zero-order chi connectivity index (χ0) is 13.1. The van der Waals surface area contributed by atoms with Crippen molar-refractivity contribution in [3.63, 3.8) is 0 Å². The van der Waals surface area contributed by atoms with Gasteiger partial charge in [0.2, 0.25) is 0 Å². The summed E-state index contributed by atoms with van der Waals surface area (Å²) in [6, 6.07) is -0.0878. The third-order valence-electron chi connectivity index (χ3n) is 2.13. The van der Waals surface area contributed by atoms with Crippen LogP contribution in [0.4, 0.5) is 5.13 Å². The van der Waals surface area contributed by atoms with Crippen molar-refractivity contribution in [2.75, 3.05) is 17.7 Å². The second kappa shape index (κ2) is 6.03. The summed E-state index contributed by atoms with van der Waals surface area (Å²) < 4.78 is 26.9. The summed E-state index contributed by atoms with van der Waals surface area (Å²) >= 11 is 2.69. The lowest BCUT2D eigenvalue weighted by Gasteiger charge is -2.12. The number of anilines is 1. The Morgan fingerprint density at radius 3 is 2.71 bits per heavy atom. The molecule has 8 heteroatoms. The SMILES string of the molecule is CSCCC(C)NS(=O)(=O)c1sc(N)nc1C. The van der Waals surface area contributed by atoms with Gasteiger partial charge in [0.15, 0.2) is 9.34 Å². The monoisotopic (exact) mass is 295 g/mol. The van der Waals surface area contributed by atoms with Gasteiger partial charge in [-0.1, -0.05) is 11.3 Å². The van der Waals surface area contributed by atoms with Gasteiger partial charge in [0.1, 0.15) is 0 Å². The summed E-state index contributed by atoms with van der Waals surface area (Å²) in [6.45, 7) is 3.50. The quantitative estimate of drug-likeness (QED) is 0.830. The Labute approximate surface area is 110 Å². The maximum absolute atomic E-state index is 12.0. The second-order valence-corrected chi connectivity index (χ2v) is 7.65. The fraction of sp³-hybridized carbons (Fsp3) is 0.667. The molecule has 0 saturated heterocycles. The first-order valence-corrected chi connectivity index (χ1v) is 8.80. The van der Waals surface area contributed by atoms with E-state index in [-0.39, 0.29) is 15.4 Å². The molecule has 0 amide bonds. The van der Waals surface area contributed by atoms with Gasteiger partial charge in [-0.15, -0.1) is 0 Å². The number of nitrogens with one attached hydrogen (secondary N) is 1. The van der Waals surface area contributed by atoms with Crippen LogP contribution < -0.4 is 10.5 Å². The Balaban J connectivity index is 2.79. The number of thioether (sulfide) groups is 1. The van der Waals surface area contributed by atoms with E-state index in [4.69, 9.17) is 5.73 Å². The van der Waals surface area contributed by atoms with Crippen molar-refractivity contribution >= 4 is 38.3 Å². The summed E-state index contributed by atoms with van der Waals surface area (Å²) in [5, 5.41) is 0.277. The van der Waals surface area contributed by atoms with Gasteiger partial charge < -0.3 is 5.73 Å². The van der Waals surface area contributed by atoms with Crippen LogP contribution in [0.2, 0.25) is 0 Å². The van der Waals surface area contributed by atoms with Crippen LogP contribution in [0.15, 0.2) is 4.21 Å². The molecule has 3 N–H and O–H groups in total. The minimum Gasteiger partial charge on any atom is -0.375 e. The smallest absolute Gasteiger partial charge is 0.252 e. The largest absolute Gasteiger partial charge is 0.375 e. The van der Waals surface area contributed by atoms with E-state index in [0.29, 0.717) is 5.69 Å². The summed E-state index contributed by atoms with van der Waals surface area (Å²) in [6.07, 6.45) is 2.79. The maximum Gasteiger partial charge on any atom is 0.252 e. The molecule has 1 atom stereocenters. The number of nitrogens with two attached hydrogens (primary N) is 1. The van der Waals surface area contributed by atoms with E-state index in [0.717, 1.165) is 23.5 Å². The van der Waals surface area contributed by atoms with Gasteiger partial charge in [0, 0.05) is 6.04 Å². The van der Waals surface area contributed by atoms with Crippen LogP contribution in [0, 0.1) is 6.92 Å². The highest BCUT2D eigenvalue weighted by Crippen LogP contribution is 2.25. The van der Waals surface area contributed by atoms with E-state index in [2.05, 4.69) is 9.71 Å². The number of hydrogen-bond acceptors (Lipinski definition) is 6. The summed E-state index contributed by atoms with van der Waals surface area (Å²) in [5.41, 5.74) is 5.95. The molecule has 1 rings (SSSR count). The van der Waals surface area contributed by atoms with Crippen LogP contribution in [-0.2, 0) is 10.0 Å². The Morgan fingerprint density at radius 2 is 2.24 bits per heavy atom. The number of aryl methyl sites for hydroxylation is 1. The van der Waals surface area contributed by atoms with E-state index >= 15 is 0 Å². The number of nitrogens with zero attached hydrogens (tertiary/aromatic N) is 1. The minimum atomic E-state index is -3.48. The number of hydrogen-bond donors (Lipinski definition) is 2. The Bertz CT molecular complexity index is 470. The van der Waals surface area contributed by atoms with Crippen molar-refractivity contribution in [2.45, 2.75) is 30.5 Å². The first-order valence-electron chi connectivity index (χ1n) is 5.11. The molecular weight excluding hydrogens is 278 g/mol. The molecule has 0 spiro atoms. The molecule has 0 saturated carbocycles. The molecule has 17 heavy (non-hydrogen) atoms. The Morgan fingerprint density at radius 1 is 1.59 bits per heavy atom. The first-order chi connectivity index (χ1) is 7.86. The van der Waals surface area contributed by atoms with Gasteiger partial charge >= 0.3 is 0 Å². The van der Waals surface area contributed by atoms with Crippen molar-refractivity contribution in [2.24, 2.45) is 0 Å². The van der Waals surface area contributed by atoms with Crippen molar-refractivity contribution in [3.8, 4) is 0 Å². The summed E-state index contributed by atoms with van der Waals surface area (Å²) in [5.74, 6) is 0.924. The third kappa shape index (κ3) is 4.13. The first kappa shape index (κ1) is 14.7. The Kier molecular flexibility index (Phi) is 5.23. The fourth-order valence-electron chi connectivity index (χ4n) is 1.32. The van der Waals surface area contributed by atoms with Gasteiger partial charge in [0.05, 0.1) is 5.69 Å². The van der Waals surface area contributed by atoms with Crippen LogP contribution in [0.5, 0.6) is 0 Å². The Hall–Kier alpha value is -0.310. The van der Waals surface area contributed by atoms with Gasteiger partial charge in [0.25, 0.3) is 10.0 Å². The standard InChI is InChI=1S/C9H17N3O2S3/c1-6(4-5-15-3)12-17(13,14)8-7(2)11-9(10)16-8/h6,12H,4-5H2,1-3H3,(H2,10,11). The van der Waals surface area contributed by atoms with Crippen LogP contribution in [0.3, 0.4) is 0 Å². The highest BCUT2D eigenvalue weighted by atomic mass is 32.2. The molecule has 1 aromatic heterocycles. The van der Waals surface area contributed by atoms with Gasteiger partial charge in [-0.2, -0.15) is 11.8 Å². The predicted molar refractivity (Wildman–Crippen MR) is 74.0 cm³/mol. The topological polar surface area (TPSA) is 85.1 Å². The normalized spacial score (nSPS) is 13.8. The summed E-state index contributed by atoms with van der Waals surface area (Å²) in [4.78, 5) is 3.92. The van der Waals surface area contributed by atoms with Gasteiger partial charge in [-0.3, -0.25) is 0 Å². The third-order valence-corrected chi connectivity index (χ3v) is 5.96. The zero-order valence-electron chi connectivity index (χ0n) is 10.1. The lowest BCUT2D eigenvalue weighted by molar-refractivity contribution is 0.558. The predicted octanol–water partition coefficient (Wildman–Crippen LogP) is 1.45. The van der Waals surface area contributed by atoms with E-state index in [1.807, 2.05) is 13.2 Å². The molecule has 0 aliphatic carbocycles. The number of aromatic nitrogens is 1. The van der Waals surface area contributed by atoms with Crippen LogP contribution >= 0.6 is 23.1 Å². The molecule has 0 fully saturated rings. The van der Waals surface area contributed by atoms with E-state index in [1.165, 1.54) is 0 Å². The van der Waals surface area contributed by atoms with Crippen molar-refractivity contribution in [1.29, 1.82) is 0 Å². The molecular formula is C9H17N3O2S3. The molecule has 0 bridgehead atoms. The highest BCUT2D eigenvalue weighted by Gasteiger charge is 2.22. The fourth-order valence-corrected chi connectivity index (χ4v) is 4.51. The number of rotatable bonds is 6. The highest BCUT2D eigenvalue weighted by molar-refractivity contribution is 7.98. The van der Waals surface area contributed by atoms with Crippen molar-refractivity contribution in [1.82, 2.24) is 9.71 Å². The maximum atomic E-state index is 12.0. The molecule has 1 heterocycles. The van der Waals surface area contributed by atoms with Crippen LogP contribution in [-0.4, -0.2) is 31.5 Å². The lowest BCUT2D eigenvalue weighted by atomic mass is 10.3. The number of sulfonamides is 1. The van der Waals surface area contributed by atoms with Crippen LogP contribution in [0.1, 0.15) is 19.0 Å². The molecule has 0 aliphatic heterocycles. The molecule has 5 nitrogen and oxygen atoms in total. The van der Waals surface area contributed by atoms with E-state index in [1.54, 1.807) is 18.7 Å². The minimum absolute atomic E-state index is 0.0878. The number of nitrogen functional groups attached to an aromatic ring is 1. The van der Waals surface area contributed by atoms with Gasteiger partial charge in [-0.25, -0.2) is 18.1 Å². The van der Waals surface area contributed by atoms with Crippen molar-refractivity contribution < 1.29 is 8.42 Å². The molecule has 0 radical (unpaired) electrons. The van der Waals surface area contributed by atoms with E-state index in [9.17, 15) is 8.42 Å². The molecule has 0 aromatic carbocycles. The molecule has 1 unspecified atom stereocenters. The average molecular weight is 295 g/mol. The zero-order valence-corrected chi connectivity index (χ0v) is 12.5. The second-order valence-electron chi connectivity index (χ2n) is 3.73. The molecule has 98 valence electrons. The van der Waals surface area contributed by atoms with Gasteiger partial charge in [-0.05, 0) is 32.3 Å². The average Bonchev–Trinajstić information content (AvgIpc) is 2.55. The van der Waals surface area contributed by atoms with Crippen molar-refractivity contribution in [3.05, 3.63) is 5.69 Å².